The lowest BCUT2D eigenvalue weighted by molar-refractivity contribution is 0.0690. The first-order valence-corrected chi connectivity index (χ1v) is 5.88. The van der Waals surface area contributed by atoms with E-state index in [1.54, 1.807) is 19.1 Å². The zero-order valence-corrected chi connectivity index (χ0v) is 10.3. The minimum atomic E-state index is -1.05. The molecule has 0 unspecified atom stereocenters. The average molecular weight is 270 g/mol. The lowest BCUT2D eigenvalue weighted by Crippen LogP contribution is -1.98. The van der Waals surface area contributed by atoms with E-state index in [0.717, 1.165) is 0 Å². The molecule has 1 heterocycles. The normalized spacial score (nSPS) is 10.5. The van der Waals surface area contributed by atoms with Crippen molar-refractivity contribution in [1.29, 1.82) is 0 Å². The molecule has 0 aliphatic carbocycles. The predicted octanol–water partition coefficient (Wildman–Crippen LogP) is 3.18. The second kappa shape index (κ2) is 4.35. The van der Waals surface area contributed by atoms with E-state index in [1.807, 2.05) is 0 Å². The van der Waals surface area contributed by atoms with E-state index in [4.69, 9.17) is 16.7 Å². The molecular weight excluding hydrogens is 262 g/mol. The number of hydrogen-bond donors (Lipinski definition) is 2. The molecule has 2 rings (SSSR count). The Hall–Kier alpha value is -1.59. The molecule has 0 aliphatic heterocycles. The first-order valence-electron chi connectivity index (χ1n) is 4.68. The highest BCUT2D eigenvalue weighted by atomic mass is 35.5. The second-order valence-corrected chi connectivity index (χ2v) is 5.01. The summed E-state index contributed by atoms with van der Waals surface area (Å²) in [5, 5.41) is 19.0. The van der Waals surface area contributed by atoms with E-state index >= 15 is 0 Å². The largest absolute Gasteiger partial charge is 0.506 e. The Morgan fingerprint density at radius 2 is 2.18 bits per heavy atom. The minimum Gasteiger partial charge on any atom is -0.506 e. The third kappa shape index (κ3) is 2.25. The standard InChI is InChI=1S/C11H8ClNO3S/c1-5-9(11(15)16)13-10(17-5)6-2-3-8(14)7(12)4-6/h2-4,14H,1H3,(H,15,16). The number of aromatic hydroxyl groups is 1. The first-order chi connectivity index (χ1) is 7.99. The van der Waals surface area contributed by atoms with Crippen molar-refractivity contribution in [3.8, 4) is 16.3 Å². The van der Waals surface area contributed by atoms with Gasteiger partial charge in [0.25, 0.3) is 0 Å². The molecule has 1 aromatic carbocycles. The van der Waals surface area contributed by atoms with Crippen LogP contribution in [0.2, 0.25) is 5.02 Å². The first kappa shape index (κ1) is 11.9. The van der Waals surface area contributed by atoms with Crippen molar-refractivity contribution < 1.29 is 15.0 Å². The van der Waals surface area contributed by atoms with E-state index in [-0.39, 0.29) is 16.5 Å². The number of nitrogens with zero attached hydrogens (tertiary/aromatic N) is 1. The average Bonchev–Trinajstić information content (AvgIpc) is 2.64. The van der Waals surface area contributed by atoms with Crippen LogP contribution in [0.4, 0.5) is 0 Å². The zero-order valence-electron chi connectivity index (χ0n) is 8.77. The Morgan fingerprint density at radius 1 is 1.47 bits per heavy atom. The number of rotatable bonds is 2. The van der Waals surface area contributed by atoms with Gasteiger partial charge in [0, 0.05) is 10.4 Å². The Labute approximate surface area is 106 Å². The molecular formula is C11H8ClNO3S. The molecule has 1 aromatic heterocycles. The van der Waals surface area contributed by atoms with Crippen LogP contribution in [0.15, 0.2) is 18.2 Å². The highest BCUT2D eigenvalue weighted by Gasteiger charge is 2.15. The molecule has 6 heteroatoms. The van der Waals surface area contributed by atoms with Gasteiger partial charge >= 0.3 is 5.97 Å². The number of carboxylic acid groups (broad SMARTS) is 1. The van der Waals surface area contributed by atoms with Crippen LogP contribution in [0, 0.1) is 6.92 Å². The maximum absolute atomic E-state index is 10.9. The summed E-state index contributed by atoms with van der Waals surface area (Å²) in [6.07, 6.45) is 0. The van der Waals surface area contributed by atoms with E-state index < -0.39 is 5.97 Å². The third-order valence-corrected chi connectivity index (χ3v) is 3.52. The number of aromatic nitrogens is 1. The maximum Gasteiger partial charge on any atom is 0.355 e. The molecule has 2 aromatic rings. The van der Waals surface area contributed by atoms with Gasteiger partial charge < -0.3 is 10.2 Å². The van der Waals surface area contributed by atoms with Gasteiger partial charge in [0.1, 0.15) is 10.8 Å². The van der Waals surface area contributed by atoms with Crippen molar-refractivity contribution in [3.05, 3.63) is 33.8 Å². The molecule has 0 fully saturated rings. The fourth-order valence-electron chi connectivity index (χ4n) is 1.36. The summed E-state index contributed by atoms with van der Waals surface area (Å²) in [4.78, 5) is 15.5. The van der Waals surface area contributed by atoms with Crippen LogP contribution < -0.4 is 0 Å². The summed E-state index contributed by atoms with van der Waals surface area (Å²) in [6.45, 7) is 1.70. The summed E-state index contributed by atoms with van der Waals surface area (Å²) in [7, 11) is 0. The number of aryl methyl sites for hydroxylation is 1. The predicted molar refractivity (Wildman–Crippen MR) is 65.9 cm³/mol. The van der Waals surface area contributed by atoms with Crippen molar-refractivity contribution in [1.82, 2.24) is 4.98 Å². The zero-order chi connectivity index (χ0) is 12.6. The lowest BCUT2D eigenvalue weighted by atomic mass is 10.2. The summed E-state index contributed by atoms with van der Waals surface area (Å²) < 4.78 is 0. The molecule has 0 saturated heterocycles. The number of carboxylic acids is 1. The van der Waals surface area contributed by atoms with E-state index in [0.29, 0.717) is 15.4 Å². The lowest BCUT2D eigenvalue weighted by Gasteiger charge is -1.99. The maximum atomic E-state index is 10.9. The quantitative estimate of drug-likeness (QED) is 0.878. The fourth-order valence-corrected chi connectivity index (χ4v) is 2.44. The van der Waals surface area contributed by atoms with Crippen LogP contribution in [-0.4, -0.2) is 21.2 Å². The van der Waals surface area contributed by atoms with E-state index in [1.165, 1.54) is 17.4 Å². The molecule has 2 N–H and O–H groups in total. The summed E-state index contributed by atoms with van der Waals surface area (Å²) >= 11 is 7.06. The Kier molecular flexibility index (Phi) is 3.04. The molecule has 0 saturated carbocycles. The molecule has 0 amide bonds. The summed E-state index contributed by atoms with van der Waals surface area (Å²) in [5.74, 6) is -1.06. The van der Waals surface area contributed by atoms with Gasteiger partial charge in [0.15, 0.2) is 5.69 Å². The van der Waals surface area contributed by atoms with Crippen LogP contribution in [0.5, 0.6) is 5.75 Å². The van der Waals surface area contributed by atoms with Crippen molar-refractivity contribution >= 4 is 28.9 Å². The molecule has 4 nitrogen and oxygen atoms in total. The second-order valence-electron chi connectivity index (χ2n) is 3.40. The van der Waals surface area contributed by atoms with Gasteiger partial charge in [-0.1, -0.05) is 11.6 Å². The molecule has 0 aliphatic rings. The molecule has 0 bridgehead atoms. The van der Waals surface area contributed by atoms with Gasteiger partial charge in [-0.3, -0.25) is 0 Å². The van der Waals surface area contributed by atoms with Crippen molar-refractivity contribution in [2.45, 2.75) is 6.92 Å². The monoisotopic (exact) mass is 269 g/mol. The number of thiazole rings is 1. The van der Waals surface area contributed by atoms with Gasteiger partial charge in [0.05, 0.1) is 5.02 Å². The minimum absolute atomic E-state index is 0.0119. The van der Waals surface area contributed by atoms with E-state index in [9.17, 15) is 9.90 Å². The van der Waals surface area contributed by atoms with Crippen LogP contribution in [0.3, 0.4) is 0 Å². The number of phenolic OH excluding ortho intramolecular Hbond substituents is 1. The topological polar surface area (TPSA) is 70.4 Å². The van der Waals surface area contributed by atoms with Crippen LogP contribution in [-0.2, 0) is 0 Å². The van der Waals surface area contributed by atoms with Gasteiger partial charge in [-0.25, -0.2) is 9.78 Å². The molecule has 88 valence electrons. The van der Waals surface area contributed by atoms with Crippen molar-refractivity contribution in [3.63, 3.8) is 0 Å². The number of hydrogen-bond acceptors (Lipinski definition) is 4. The number of benzene rings is 1. The van der Waals surface area contributed by atoms with Crippen LogP contribution in [0.1, 0.15) is 15.4 Å². The van der Waals surface area contributed by atoms with Crippen LogP contribution >= 0.6 is 22.9 Å². The summed E-state index contributed by atoms with van der Waals surface area (Å²) in [5.41, 5.74) is 0.739. The van der Waals surface area contributed by atoms with Gasteiger partial charge in [-0.15, -0.1) is 11.3 Å². The number of halogens is 1. The summed E-state index contributed by atoms with van der Waals surface area (Å²) in [6, 6.07) is 4.65. The smallest absolute Gasteiger partial charge is 0.355 e. The fraction of sp³-hybridized carbons (Fsp3) is 0.0909. The Morgan fingerprint density at radius 3 is 2.71 bits per heavy atom. The number of carbonyl (C=O) groups is 1. The Bertz CT molecular complexity index is 594. The van der Waals surface area contributed by atoms with Gasteiger partial charge in [-0.05, 0) is 25.1 Å². The molecule has 0 atom stereocenters. The molecule has 17 heavy (non-hydrogen) atoms. The molecule has 0 radical (unpaired) electrons. The van der Waals surface area contributed by atoms with Crippen LogP contribution in [0.25, 0.3) is 10.6 Å². The van der Waals surface area contributed by atoms with Crippen molar-refractivity contribution in [2.75, 3.05) is 0 Å². The molecule has 0 spiro atoms. The SMILES string of the molecule is Cc1sc(-c2ccc(O)c(Cl)c2)nc1C(=O)O. The number of phenols is 1. The van der Waals surface area contributed by atoms with Crippen molar-refractivity contribution in [2.24, 2.45) is 0 Å². The highest BCUT2D eigenvalue weighted by molar-refractivity contribution is 7.15. The third-order valence-electron chi connectivity index (χ3n) is 2.19. The Balaban J connectivity index is 2.50. The van der Waals surface area contributed by atoms with Gasteiger partial charge in [-0.2, -0.15) is 0 Å². The van der Waals surface area contributed by atoms with Gasteiger partial charge in [0.2, 0.25) is 0 Å². The number of aromatic carboxylic acids is 1. The highest BCUT2D eigenvalue weighted by Crippen LogP contribution is 2.32. The van der Waals surface area contributed by atoms with E-state index in [2.05, 4.69) is 4.98 Å².